The average Bonchev–Trinajstić information content (AvgIpc) is 3.06. The molecule has 1 aliphatic heterocycles. The molecule has 1 aromatic carbocycles. The lowest BCUT2D eigenvalue weighted by Gasteiger charge is -2.21. The first-order valence-electron chi connectivity index (χ1n) is 6.68. The predicted molar refractivity (Wildman–Crippen MR) is 78.9 cm³/mol. The van der Waals surface area contributed by atoms with E-state index >= 15 is 0 Å². The summed E-state index contributed by atoms with van der Waals surface area (Å²) in [6.07, 6.45) is -4.11. The molecular weight excluding hydrogens is 331 g/mol. The van der Waals surface area contributed by atoms with Crippen LogP contribution in [0.5, 0.6) is 0 Å². The SMILES string of the molecule is Nc1nc(SC2CCN(c3ccccc3C(F)(F)F)C2=O)n[nH]1. The van der Waals surface area contributed by atoms with Gasteiger partial charge in [0.1, 0.15) is 0 Å². The number of rotatable bonds is 3. The van der Waals surface area contributed by atoms with Crippen molar-refractivity contribution in [3.8, 4) is 0 Å². The Bertz CT molecular complexity index is 732. The van der Waals surface area contributed by atoms with E-state index in [9.17, 15) is 18.0 Å². The van der Waals surface area contributed by atoms with Gasteiger partial charge in [-0.1, -0.05) is 23.9 Å². The summed E-state index contributed by atoms with van der Waals surface area (Å²) in [5.74, 6) is -0.271. The first-order chi connectivity index (χ1) is 10.9. The standard InChI is InChI=1S/C13H12F3N5OS/c14-13(15,16)7-3-1-2-4-8(7)21-6-5-9(10(21)22)23-12-18-11(17)19-20-12/h1-4,9H,5-6H2,(H3,17,18,19,20). The number of alkyl halides is 3. The van der Waals surface area contributed by atoms with Crippen molar-refractivity contribution in [2.45, 2.75) is 23.0 Å². The summed E-state index contributed by atoms with van der Waals surface area (Å²) < 4.78 is 39.3. The third-order valence-corrected chi connectivity index (χ3v) is 4.50. The highest BCUT2D eigenvalue weighted by molar-refractivity contribution is 8.00. The zero-order chi connectivity index (χ0) is 16.6. The number of nitrogens with two attached hydrogens (primary N) is 1. The molecule has 10 heteroatoms. The van der Waals surface area contributed by atoms with Gasteiger partial charge in [-0.2, -0.15) is 18.2 Å². The first-order valence-corrected chi connectivity index (χ1v) is 7.56. The Morgan fingerprint density at radius 3 is 2.74 bits per heavy atom. The Morgan fingerprint density at radius 2 is 2.09 bits per heavy atom. The minimum atomic E-state index is -4.51. The van der Waals surface area contributed by atoms with E-state index in [2.05, 4.69) is 15.2 Å². The second-order valence-corrected chi connectivity index (χ2v) is 6.07. The molecule has 1 atom stereocenters. The summed E-state index contributed by atoms with van der Waals surface area (Å²) in [6.45, 7) is 0.212. The molecule has 1 unspecified atom stereocenters. The summed E-state index contributed by atoms with van der Waals surface area (Å²) in [5, 5.41) is 6.03. The molecule has 2 aromatic rings. The van der Waals surface area contributed by atoms with E-state index < -0.39 is 22.9 Å². The Labute approximate surface area is 133 Å². The fourth-order valence-corrected chi connectivity index (χ4v) is 3.34. The maximum absolute atomic E-state index is 13.1. The number of nitrogen functional groups attached to an aromatic ring is 1. The molecule has 1 aromatic heterocycles. The van der Waals surface area contributed by atoms with Crippen LogP contribution >= 0.6 is 11.8 Å². The number of nitrogens with zero attached hydrogens (tertiary/aromatic N) is 3. The van der Waals surface area contributed by atoms with E-state index in [1.165, 1.54) is 18.2 Å². The second kappa shape index (κ2) is 5.76. The number of aromatic nitrogens is 3. The number of nitrogens with one attached hydrogen (secondary N) is 1. The molecule has 23 heavy (non-hydrogen) atoms. The second-order valence-electron chi connectivity index (χ2n) is 4.90. The van der Waals surface area contributed by atoms with Crippen molar-refractivity contribution < 1.29 is 18.0 Å². The Morgan fingerprint density at radius 1 is 1.35 bits per heavy atom. The molecule has 6 nitrogen and oxygen atoms in total. The molecule has 1 fully saturated rings. The van der Waals surface area contributed by atoms with Crippen molar-refractivity contribution in [1.29, 1.82) is 0 Å². The first kappa shape index (κ1) is 15.7. The van der Waals surface area contributed by atoms with Crippen LogP contribution in [0.1, 0.15) is 12.0 Å². The van der Waals surface area contributed by atoms with Crippen LogP contribution in [-0.2, 0) is 11.0 Å². The average molecular weight is 343 g/mol. The van der Waals surface area contributed by atoms with Crippen molar-refractivity contribution >= 4 is 29.3 Å². The molecule has 1 amide bonds. The summed E-state index contributed by atoms with van der Waals surface area (Å²) in [6, 6.07) is 5.06. The number of benzene rings is 1. The molecular formula is C13H12F3N5OS. The molecule has 1 saturated heterocycles. The number of thioether (sulfide) groups is 1. The fraction of sp³-hybridized carbons (Fsp3) is 0.308. The summed E-state index contributed by atoms with van der Waals surface area (Å²) >= 11 is 1.09. The van der Waals surface area contributed by atoms with Gasteiger partial charge in [0.2, 0.25) is 17.0 Å². The largest absolute Gasteiger partial charge is 0.418 e. The van der Waals surface area contributed by atoms with Gasteiger partial charge >= 0.3 is 6.18 Å². The summed E-state index contributed by atoms with van der Waals surface area (Å²) in [5.41, 5.74) is 4.47. The number of hydrogen-bond donors (Lipinski definition) is 2. The molecule has 0 spiro atoms. The molecule has 3 rings (SSSR count). The van der Waals surface area contributed by atoms with Crippen LogP contribution in [0.25, 0.3) is 0 Å². The van der Waals surface area contributed by atoms with E-state index in [1.54, 1.807) is 0 Å². The minimum absolute atomic E-state index is 0.122. The molecule has 0 radical (unpaired) electrons. The monoisotopic (exact) mass is 343 g/mol. The van der Waals surface area contributed by atoms with Crippen molar-refractivity contribution in [1.82, 2.24) is 15.2 Å². The number of amides is 1. The summed E-state index contributed by atoms with van der Waals surface area (Å²) in [7, 11) is 0. The molecule has 1 aliphatic rings. The van der Waals surface area contributed by atoms with Gasteiger partial charge < -0.3 is 10.6 Å². The maximum atomic E-state index is 13.1. The normalized spacial score (nSPS) is 18.7. The van der Waals surface area contributed by atoms with Crippen LogP contribution in [-0.4, -0.2) is 32.9 Å². The molecule has 0 aliphatic carbocycles. The van der Waals surface area contributed by atoms with E-state index in [0.717, 1.165) is 22.7 Å². The van der Waals surface area contributed by atoms with Gasteiger partial charge in [0.05, 0.1) is 16.5 Å². The molecule has 0 bridgehead atoms. The number of hydrogen-bond acceptors (Lipinski definition) is 5. The summed E-state index contributed by atoms with van der Waals surface area (Å²) in [4.78, 5) is 17.5. The van der Waals surface area contributed by atoms with Crippen LogP contribution in [0, 0.1) is 0 Å². The van der Waals surface area contributed by atoms with Crippen molar-refractivity contribution in [2.24, 2.45) is 0 Å². The fourth-order valence-electron chi connectivity index (χ4n) is 2.39. The quantitative estimate of drug-likeness (QED) is 0.893. The number of H-pyrrole nitrogens is 1. The number of para-hydroxylation sites is 1. The van der Waals surface area contributed by atoms with Gasteiger partial charge in [-0.3, -0.25) is 4.79 Å². The number of carbonyl (C=O) groups is 1. The smallest absolute Gasteiger partial charge is 0.368 e. The number of halogens is 3. The van der Waals surface area contributed by atoms with Crippen LogP contribution in [0.15, 0.2) is 29.4 Å². The van der Waals surface area contributed by atoms with E-state index in [-0.39, 0.29) is 18.2 Å². The van der Waals surface area contributed by atoms with Gasteiger partial charge in [-0.25, -0.2) is 5.10 Å². The lowest BCUT2D eigenvalue weighted by atomic mass is 10.1. The van der Waals surface area contributed by atoms with E-state index in [1.807, 2.05) is 0 Å². The lowest BCUT2D eigenvalue weighted by Crippen LogP contribution is -2.30. The van der Waals surface area contributed by atoms with Crippen molar-refractivity contribution in [2.75, 3.05) is 17.2 Å². The Hall–Kier alpha value is -2.23. The maximum Gasteiger partial charge on any atom is 0.418 e. The molecule has 3 N–H and O–H groups in total. The topological polar surface area (TPSA) is 87.9 Å². The molecule has 0 saturated carbocycles. The van der Waals surface area contributed by atoms with Crippen LogP contribution in [0.3, 0.4) is 0 Å². The van der Waals surface area contributed by atoms with E-state index in [4.69, 9.17) is 5.73 Å². The zero-order valence-corrected chi connectivity index (χ0v) is 12.5. The van der Waals surface area contributed by atoms with Gasteiger partial charge in [-0.05, 0) is 18.6 Å². The highest BCUT2D eigenvalue weighted by atomic mass is 32.2. The highest BCUT2D eigenvalue weighted by Crippen LogP contribution is 2.39. The van der Waals surface area contributed by atoms with Crippen molar-refractivity contribution in [3.63, 3.8) is 0 Å². The molecule has 2 heterocycles. The van der Waals surface area contributed by atoms with Crippen LogP contribution in [0.2, 0.25) is 0 Å². The highest BCUT2D eigenvalue weighted by Gasteiger charge is 2.40. The van der Waals surface area contributed by atoms with Gasteiger partial charge in [0.25, 0.3) is 0 Å². The van der Waals surface area contributed by atoms with Crippen LogP contribution < -0.4 is 10.6 Å². The third-order valence-electron chi connectivity index (χ3n) is 3.39. The zero-order valence-electron chi connectivity index (χ0n) is 11.7. The number of aromatic amines is 1. The Kier molecular flexibility index (Phi) is 3.92. The Balaban J connectivity index is 1.82. The van der Waals surface area contributed by atoms with E-state index in [0.29, 0.717) is 11.6 Å². The van der Waals surface area contributed by atoms with Crippen LogP contribution in [0.4, 0.5) is 24.8 Å². The lowest BCUT2D eigenvalue weighted by molar-refractivity contribution is -0.137. The van der Waals surface area contributed by atoms with Crippen molar-refractivity contribution in [3.05, 3.63) is 29.8 Å². The molecule has 122 valence electrons. The minimum Gasteiger partial charge on any atom is -0.368 e. The van der Waals surface area contributed by atoms with Gasteiger partial charge in [-0.15, -0.1) is 5.10 Å². The predicted octanol–water partition coefficient (Wildman–Crippen LogP) is 2.30. The number of carbonyl (C=O) groups excluding carboxylic acids is 1. The van der Waals surface area contributed by atoms with Gasteiger partial charge in [0.15, 0.2) is 0 Å². The number of anilines is 2. The van der Waals surface area contributed by atoms with Gasteiger partial charge in [0, 0.05) is 6.54 Å². The third kappa shape index (κ3) is 3.11.